The quantitative estimate of drug-likeness (QED) is 0.306. The average Bonchev–Trinajstić information content (AvgIpc) is 2.84. The van der Waals surface area contributed by atoms with Gasteiger partial charge in [-0.25, -0.2) is 18.2 Å². The number of aliphatic hydroxyl groups excluding tert-OH is 1. The lowest BCUT2D eigenvalue weighted by molar-refractivity contribution is 0.102. The number of ether oxygens (including phenoxy) is 1. The Balaban J connectivity index is 1.68. The van der Waals surface area contributed by atoms with E-state index in [4.69, 9.17) is 9.84 Å². The molecule has 33 heavy (non-hydrogen) atoms. The number of benzene rings is 3. The summed E-state index contributed by atoms with van der Waals surface area (Å²) in [5.74, 6) is -5.59. The summed E-state index contributed by atoms with van der Waals surface area (Å²) in [6.45, 7) is 0.0287. The van der Waals surface area contributed by atoms with Crippen LogP contribution in [-0.2, 0) is 6.61 Å². The molecular weight excluding hydrogens is 435 g/mol. The maximum Gasteiger partial charge on any atom is 0.199 e. The van der Waals surface area contributed by atoms with Crippen LogP contribution in [0.1, 0.15) is 21.5 Å². The molecule has 0 aliphatic carbocycles. The summed E-state index contributed by atoms with van der Waals surface area (Å²) in [6, 6.07) is 13.4. The lowest BCUT2D eigenvalue weighted by Crippen LogP contribution is -2.12. The minimum Gasteiger partial charge on any atom is -0.486 e. The number of nitrogens with zero attached hydrogens (tertiary/aromatic N) is 2. The second-order valence-electron chi connectivity index (χ2n) is 7.07. The molecule has 9 heteroatoms. The summed E-state index contributed by atoms with van der Waals surface area (Å²) in [5.41, 5.74) is 0.247. The van der Waals surface area contributed by atoms with Gasteiger partial charge in [0.1, 0.15) is 18.0 Å². The van der Waals surface area contributed by atoms with Crippen LogP contribution in [0.3, 0.4) is 0 Å². The minimum absolute atomic E-state index is 0.0916. The van der Waals surface area contributed by atoms with Crippen molar-refractivity contribution in [2.24, 2.45) is 0 Å². The van der Waals surface area contributed by atoms with E-state index in [1.165, 1.54) is 24.4 Å². The number of halogens is 3. The van der Waals surface area contributed by atoms with Crippen molar-refractivity contribution < 1.29 is 27.8 Å². The lowest BCUT2D eigenvalue weighted by Gasteiger charge is -2.12. The van der Waals surface area contributed by atoms with E-state index in [1.54, 1.807) is 30.3 Å². The molecule has 2 N–H and O–H groups in total. The Kier molecular flexibility index (Phi) is 6.50. The third kappa shape index (κ3) is 4.78. The molecule has 0 bridgehead atoms. The highest BCUT2D eigenvalue weighted by Gasteiger charge is 2.26. The summed E-state index contributed by atoms with van der Waals surface area (Å²) >= 11 is 0. The van der Waals surface area contributed by atoms with E-state index >= 15 is 4.39 Å². The highest BCUT2D eigenvalue weighted by molar-refractivity contribution is 6.10. The molecule has 168 valence electrons. The lowest BCUT2D eigenvalue weighted by atomic mass is 10.0. The zero-order valence-corrected chi connectivity index (χ0v) is 17.2. The van der Waals surface area contributed by atoms with Crippen LogP contribution in [0, 0.1) is 17.5 Å². The standard InChI is InChI=1S/C24H18F3N3O3/c25-16-11-19(33-13-14-4-2-1-3-5-14)23(27)21(22(16)26)24(32)15-6-7-17-18(10-15)30-20(12-29-17)28-8-9-31/h1-7,10-12,31H,8-9,13H2,(H,28,30). The van der Waals surface area contributed by atoms with E-state index in [-0.39, 0.29) is 30.8 Å². The Morgan fingerprint density at radius 1 is 1.00 bits per heavy atom. The number of carbonyl (C=O) groups excluding carboxylic acids is 1. The zero-order valence-electron chi connectivity index (χ0n) is 17.2. The Bertz CT molecular complexity index is 1320. The van der Waals surface area contributed by atoms with E-state index < -0.39 is 34.5 Å². The van der Waals surface area contributed by atoms with Gasteiger partial charge in [0, 0.05) is 18.2 Å². The third-order valence-corrected chi connectivity index (χ3v) is 4.81. The van der Waals surface area contributed by atoms with Gasteiger partial charge < -0.3 is 15.2 Å². The molecule has 0 saturated carbocycles. The fourth-order valence-electron chi connectivity index (χ4n) is 3.19. The number of hydrogen-bond donors (Lipinski definition) is 2. The summed E-state index contributed by atoms with van der Waals surface area (Å²) in [5, 5.41) is 11.7. The number of carbonyl (C=O) groups is 1. The predicted octanol–water partition coefficient (Wildman–Crippen LogP) is 4.26. The molecule has 3 aromatic carbocycles. The molecule has 0 unspecified atom stereocenters. The summed E-state index contributed by atoms with van der Waals surface area (Å²) < 4.78 is 49.1. The van der Waals surface area contributed by atoms with Crippen LogP contribution >= 0.6 is 0 Å². The Labute approximate surface area is 186 Å². The molecule has 4 aromatic rings. The van der Waals surface area contributed by atoms with Gasteiger partial charge >= 0.3 is 0 Å². The number of ketones is 1. The first-order valence-corrected chi connectivity index (χ1v) is 9.98. The van der Waals surface area contributed by atoms with Gasteiger partial charge in [0.25, 0.3) is 0 Å². The van der Waals surface area contributed by atoms with Crippen LogP contribution in [0.5, 0.6) is 5.75 Å². The smallest absolute Gasteiger partial charge is 0.199 e. The van der Waals surface area contributed by atoms with Crippen LogP contribution in [-0.4, -0.2) is 34.0 Å². The van der Waals surface area contributed by atoms with Crippen molar-refractivity contribution >= 4 is 22.6 Å². The molecular formula is C24H18F3N3O3. The fraction of sp³-hybridized carbons (Fsp3) is 0.125. The van der Waals surface area contributed by atoms with Gasteiger partial charge in [0.15, 0.2) is 29.0 Å². The maximum atomic E-state index is 15.1. The van der Waals surface area contributed by atoms with Crippen molar-refractivity contribution in [3.63, 3.8) is 0 Å². The van der Waals surface area contributed by atoms with E-state index in [0.29, 0.717) is 23.0 Å². The molecule has 0 fully saturated rings. The Morgan fingerprint density at radius 3 is 2.55 bits per heavy atom. The predicted molar refractivity (Wildman–Crippen MR) is 116 cm³/mol. The van der Waals surface area contributed by atoms with E-state index in [1.807, 2.05) is 0 Å². The van der Waals surface area contributed by atoms with Crippen molar-refractivity contribution in [2.75, 3.05) is 18.5 Å². The maximum absolute atomic E-state index is 15.1. The topological polar surface area (TPSA) is 84.3 Å². The number of hydrogen-bond acceptors (Lipinski definition) is 6. The molecule has 0 aliphatic rings. The first-order chi connectivity index (χ1) is 16.0. The monoisotopic (exact) mass is 453 g/mol. The second kappa shape index (κ2) is 9.66. The van der Waals surface area contributed by atoms with Gasteiger partial charge in [0.05, 0.1) is 23.8 Å². The summed E-state index contributed by atoms with van der Waals surface area (Å²) in [7, 11) is 0. The van der Waals surface area contributed by atoms with Gasteiger partial charge in [0.2, 0.25) is 0 Å². The van der Waals surface area contributed by atoms with Crippen molar-refractivity contribution in [1.82, 2.24) is 9.97 Å². The molecule has 0 spiro atoms. The van der Waals surface area contributed by atoms with Gasteiger partial charge in [-0.1, -0.05) is 30.3 Å². The van der Waals surface area contributed by atoms with Crippen molar-refractivity contribution in [1.29, 1.82) is 0 Å². The number of nitrogens with one attached hydrogen (secondary N) is 1. The third-order valence-electron chi connectivity index (χ3n) is 4.81. The molecule has 0 amide bonds. The molecule has 6 nitrogen and oxygen atoms in total. The van der Waals surface area contributed by atoms with E-state index in [2.05, 4.69) is 15.3 Å². The molecule has 1 heterocycles. The van der Waals surface area contributed by atoms with Crippen molar-refractivity contribution in [2.45, 2.75) is 6.61 Å². The first-order valence-electron chi connectivity index (χ1n) is 9.98. The molecule has 0 saturated heterocycles. The second-order valence-corrected chi connectivity index (χ2v) is 7.07. The summed E-state index contributed by atoms with van der Waals surface area (Å²) in [6.07, 6.45) is 1.45. The van der Waals surface area contributed by atoms with E-state index in [9.17, 15) is 13.6 Å². The number of aliphatic hydroxyl groups is 1. The molecule has 0 atom stereocenters. The van der Waals surface area contributed by atoms with Gasteiger partial charge in [-0.2, -0.15) is 0 Å². The first kappa shape index (κ1) is 22.2. The zero-order chi connectivity index (χ0) is 23.4. The largest absolute Gasteiger partial charge is 0.486 e. The van der Waals surface area contributed by atoms with Crippen LogP contribution in [0.15, 0.2) is 60.8 Å². The highest BCUT2D eigenvalue weighted by atomic mass is 19.2. The van der Waals surface area contributed by atoms with Gasteiger partial charge in [-0.05, 0) is 23.8 Å². The number of anilines is 1. The van der Waals surface area contributed by atoms with Gasteiger partial charge in [-0.15, -0.1) is 0 Å². The molecule has 0 aliphatic heterocycles. The van der Waals surface area contributed by atoms with Crippen LogP contribution in [0.25, 0.3) is 11.0 Å². The van der Waals surface area contributed by atoms with Crippen LogP contribution in [0.2, 0.25) is 0 Å². The number of rotatable bonds is 8. The summed E-state index contributed by atoms with van der Waals surface area (Å²) in [4.78, 5) is 21.4. The fourth-order valence-corrected chi connectivity index (χ4v) is 3.19. The molecule has 4 rings (SSSR count). The average molecular weight is 453 g/mol. The molecule has 1 aromatic heterocycles. The van der Waals surface area contributed by atoms with Crippen molar-refractivity contribution in [3.8, 4) is 5.75 Å². The Morgan fingerprint density at radius 2 is 1.79 bits per heavy atom. The Hall–Kier alpha value is -3.98. The highest BCUT2D eigenvalue weighted by Crippen LogP contribution is 2.29. The van der Waals surface area contributed by atoms with Crippen LogP contribution in [0.4, 0.5) is 19.0 Å². The normalized spacial score (nSPS) is 10.9. The van der Waals surface area contributed by atoms with Gasteiger partial charge in [-0.3, -0.25) is 9.78 Å². The number of fused-ring (bicyclic) bond motifs is 1. The number of aromatic nitrogens is 2. The minimum atomic E-state index is -1.60. The molecule has 0 radical (unpaired) electrons. The van der Waals surface area contributed by atoms with E-state index in [0.717, 1.165) is 0 Å². The van der Waals surface area contributed by atoms with Crippen molar-refractivity contribution in [3.05, 3.63) is 94.9 Å². The van der Waals surface area contributed by atoms with Crippen LogP contribution < -0.4 is 10.1 Å². The SMILES string of the molecule is O=C(c1ccc2ncc(NCCO)nc2c1)c1c(F)c(F)cc(OCc2ccccc2)c1F.